The van der Waals surface area contributed by atoms with Gasteiger partial charge in [-0.25, -0.2) is 8.42 Å². The van der Waals surface area contributed by atoms with Gasteiger partial charge in [0.25, 0.3) is 10.0 Å². The van der Waals surface area contributed by atoms with E-state index in [-0.39, 0.29) is 4.90 Å². The van der Waals surface area contributed by atoms with Crippen molar-refractivity contribution in [3.63, 3.8) is 0 Å². The zero-order chi connectivity index (χ0) is 16.9. The summed E-state index contributed by atoms with van der Waals surface area (Å²) in [7, 11) is -3.62. The molecule has 0 saturated heterocycles. The van der Waals surface area contributed by atoms with Crippen molar-refractivity contribution in [1.29, 1.82) is 0 Å². The van der Waals surface area contributed by atoms with Gasteiger partial charge in [0.2, 0.25) is 0 Å². The first-order chi connectivity index (χ1) is 11.0. The van der Waals surface area contributed by atoms with Gasteiger partial charge in [0.1, 0.15) is 5.75 Å². The number of nitrogens with zero attached hydrogens (tertiary/aromatic N) is 1. The second kappa shape index (κ2) is 7.70. The van der Waals surface area contributed by atoms with Gasteiger partial charge in [-0.15, -0.1) is 0 Å². The Balaban J connectivity index is 2.38. The van der Waals surface area contributed by atoms with Gasteiger partial charge in [0.05, 0.1) is 17.2 Å². The fourth-order valence-electron chi connectivity index (χ4n) is 2.20. The van der Waals surface area contributed by atoms with Gasteiger partial charge < -0.3 is 4.74 Å². The van der Waals surface area contributed by atoms with Crippen LogP contribution < -0.4 is 9.04 Å². The first-order valence-electron chi connectivity index (χ1n) is 7.50. The SMILES string of the molecule is CCCN(c1ccc(OCC)cc1)S(=O)(=O)c1ccc(Cl)cc1. The number of anilines is 1. The number of benzene rings is 2. The lowest BCUT2D eigenvalue weighted by molar-refractivity contribution is 0.340. The molecule has 2 aromatic carbocycles. The molecule has 0 aliphatic rings. The van der Waals surface area contributed by atoms with E-state index in [4.69, 9.17) is 16.3 Å². The molecule has 0 spiro atoms. The molecule has 0 unspecified atom stereocenters. The summed E-state index contributed by atoms with van der Waals surface area (Å²) in [6.45, 7) is 4.82. The highest BCUT2D eigenvalue weighted by atomic mass is 35.5. The molecule has 0 bridgehead atoms. The highest BCUT2D eigenvalue weighted by molar-refractivity contribution is 7.92. The van der Waals surface area contributed by atoms with Crippen molar-refractivity contribution in [3.05, 3.63) is 53.6 Å². The predicted molar refractivity (Wildman–Crippen MR) is 93.9 cm³/mol. The number of ether oxygens (including phenoxy) is 1. The van der Waals surface area contributed by atoms with Crippen LogP contribution in [-0.2, 0) is 10.0 Å². The molecular weight excluding hydrogens is 334 g/mol. The Bertz CT molecular complexity index is 727. The summed E-state index contributed by atoms with van der Waals surface area (Å²) in [5.74, 6) is 0.719. The summed E-state index contributed by atoms with van der Waals surface area (Å²) < 4.78 is 32.6. The van der Waals surface area contributed by atoms with E-state index in [1.165, 1.54) is 16.4 Å². The molecule has 0 N–H and O–H groups in total. The Morgan fingerprint density at radius 1 is 1.00 bits per heavy atom. The first-order valence-corrected chi connectivity index (χ1v) is 9.32. The summed E-state index contributed by atoms with van der Waals surface area (Å²) in [6.07, 6.45) is 0.708. The first kappa shape index (κ1) is 17.6. The molecule has 0 atom stereocenters. The zero-order valence-corrected chi connectivity index (χ0v) is 14.8. The third kappa shape index (κ3) is 4.18. The fraction of sp³-hybridized carbons (Fsp3) is 0.294. The summed E-state index contributed by atoms with van der Waals surface area (Å²) in [5, 5.41) is 0.507. The number of rotatable bonds is 7. The normalized spacial score (nSPS) is 11.3. The minimum atomic E-state index is -3.62. The highest BCUT2D eigenvalue weighted by Crippen LogP contribution is 2.26. The number of sulfonamides is 1. The Labute approximate surface area is 142 Å². The Kier molecular flexibility index (Phi) is 5.91. The van der Waals surface area contributed by atoms with Crippen LogP contribution in [0, 0.1) is 0 Å². The van der Waals surface area contributed by atoms with Crippen molar-refractivity contribution in [2.75, 3.05) is 17.5 Å². The molecule has 6 heteroatoms. The topological polar surface area (TPSA) is 46.6 Å². The summed E-state index contributed by atoms with van der Waals surface area (Å²) in [5.41, 5.74) is 0.616. The Morgan fingerprint density at radius 2 is 1.61 bits per heavy atom. The molecule has 4 nitrogen and oxygen atoms in total. The van der Waals surface area contributed by atoms with E-state index in [9.17, 15) is 8.42 Å². The van der Waals surface area contributed by atoms with Crippen LogP contribution in [0.2, 0.25) is 5.02 Å². The van der Waals surface area contributed by atoms with E-state index in [1.807, 2.05) is 13.8 Å². The van der Waals surface area contributed by atoms with Gasteiger partial charge in [-0.3, -0.25) is 4.31 Å². The standard InChI is InChI=1S/C17H20ClNO3S/c1-3-13-19(15-7-9-16(10-8-15)22-4-2)23(20,21)17-11-5-14(18)6-12-17/h5-12H,3-4,13H2,1-2H3. The van der Waals surface area contributed by atoms with Crippen molar-refractivity contribution < 1.29 is 13.2 Å². The lowest BCUT2D eigenvalue weighted by Crippen LogP contribution is -2.31. The van der Waals surface area contributed by atoms with Crippen molar-refractivity contribution in [1.82, 2.24) is 0 Å². The second-order valence-corrected chi connectivity index (χ2v) is 7.26. The van der Waals surface area contributed by atoms with Crippen LogP contribution in [0.25, 0.3) is 0 Å². The summed E-state index contributed by atoms with van der Waals surface area (Å²) in [4.78, 5) is 0.226. The third-order valence-electron chi connectivity index (χ3n) is 3.26. The van der Waals surface area contributed by atoms with Crippen LogP contribution >= 0.6 is 11.6 Å². The van der Waals surface area contributed by atoms with Gasteiger partial charge in [-0.1, -0.05) is 18.5 Å². The molecule has 0 fully saturated rings. The quantitative estimate of drug-likeness (QED) is 0.743. The van der Waals surface area contributed by atoms with E-state index in [0.717, 1.165) is 5.75 Å². The Hall–Kier alpha value is -1.72. The van der Waals surface area contributed by atoms with Crippen molar-refractivity contribution in [3.8, 4) is 5.75 Å². The second-order valence-electron chi connectivity index (χ2n) is 4.96. The third-order valence-corrected chi connectivity index (χ3v) is 5.36. The molecule has 0 aliphatic carbocycles. The minimum absolute atomic E-state index is 0.226. The number of halogens is 1. The molecule has 124 valence electrons. The van der Waals surface area contributed by atoms with E-state index in [1.54, 1.807) is 36.4 Å². The van der Waals surface area contributed by atoms with Gasteiger partial charge in [-0.2, -0.15) is 0 Å². The van der Waals surface area contributed by atoms with Crippen LogP contribution in [0.1, 0.15) is 20.3 Å². The highest BCUT2D eigenvalue weighted by Gasteiger charge is 2.24. The van der Waals surface area contributed by atoms with Crippen LogP contribution in [0.15, 0.2) is 53.4 Å². The molecule has 0 aromatic heterocycles. The van der Waals surface area contributed by atoms with Crippen LogP contribution in [-0.4, -0.2) is 21.6 Å². The maximum absolute atomic E-state index is 12.9. The van der Waals surface area contributed by atoms with E-state index < -0.39 is 10.0 Å². The smallest absolute Gasteiger partial charge is 0.264 e. The molecular formula is C17H20ClNO3S. The predicted octanol–water partition coefficient (Wildman–Crippen LogP) is 4.34. The van der Waals surface area contributed by atoms with E-state index in [2.05, 4.69) is 0 Å². The van der Waals surface area contributed by atoms with Crippen LogP contribution in [0.5, 0.6) is 5.75 Å². The van der Waals surface area contributed by atoms with Gasteiger partial charge >= 0.3 is 0 Å². The minimum Gasteiger partial charge on any atom is -0.494 e. The summed E-state index contributed by atoms with van der Waals surface area (Å²) >= 11 is 5.84. The van der Waals surface area contributed by atoms with E-state index >= 15 is 0 Å². The monoisotopic (exact) mass is 353 g/mol. The van der Waals surface area contributed by atoms with Gasteiger partial charge in [-0.05, 0) is 61.9 Å². The molecule has 0 aliphatic heterocycles. The molecule has 0 radical (unpaired) electrons. The maximum Gasteiger partial charge on any atom is 0.264 e. The molecule has 23 heavy (non-hydrogen) atoms. The number of hydrogen-bond donors (Lipinski definition) is 0. The average molecular weight is 354 g/mol. The van der Waals surface area contributed by atoms with Crippen molar-refractivity contribution in [2.45, 2.75) is 25.2 Å². The molecule has 0 amide bonds. The lowest BCUT2D eigenvalue weighted by atomic mass is 10.3. The van der Waals surface area contributed by atoms with Gasteiger partial charge in [0, 0.05) is 11.6 Å². The molecule has 0 heterocycles. The average Bonchev–Trinajstić information content (AvgIpc) is 2.54. The lowest BCUT2D eigenvalue weighted by Gasteiger charge is -2.24. The van der Waals surface area contributed by atoms with Gasteiger partial charge in [0.15, 0.2) is 0 Å². The fourth-order valence-corrected chi connectivity index (χ4v) is 3.88. The van der Waals surface area contributed by atoms with Crippen LogP contribution in [0.4, 0.5) is 5.69 Å². The van der Waals surface area contributed by atoms with Crippen LogP contribution in [0.3, 0.4) is 0 Å². The zero-order valence-electron chi connectivity index (χ0n) is 13.2. The Morgan fingerprint density at radius 3 is 2.13 bits per heavy atom. The van der Waals surface area contributed by atoms with Crippen molar-refractivity contribution >= 4 is 27.3 Å². The number of hydrogen-bond acceptors (Lipinski definition) is 3. The summed E-state index contributed by atoms with van der Waals surface area (Å²) in [6, 6.07) is 13.3. The molecule has 2 aromatic rings. The maximum atomic E-state index is 12.9. The van der Waals surface area contributed by atoms with E-state index in [0.29, 0.717) is 30.3 Å². The largest absolute Gasteiger partial charge is 0.494 e. The van der Waals surface area contributed by atoms with Crippen molar-refractivity contribution in [2.24, 2.45) is 0 Å². The molecule has 0 saturated carbocycles. The molecule has 2 rings (SSSR count).